The topological polar surface area (TPSA) is 97.6 Å². The van der Waals surface area contributed by atoms with E-state index in [0.29, 0.717) is 0 Å². The molecule has 6 heteroatoms. The maximum Gasteiger partial charge on any atom is 0.320 e. The summed E-state index contributed by atoms with van der Waals surface area (Å²) < 4.78 is 9.64. The molecule has 1 aromatic heterocycles. The number of aliphatic carboxylic acids is 1. The summed E-state index contributed by atoms with van der Waals surface area (Å²) in [5, 5.41) is 9.80. The molecule has 1 heterocycles. The first kappa shape index (κ1) is 14.9. The zero-order valence-electron chi connectivity index (χ0n) is 11.6. The second-order valence-corrected chi connectivity index (χ2v) is 4.50. The largest absolute Gasteiger partial charge is 0.480 e. The second-order valence-electron chi connectivity index (χ2n) is 4.50. The van der Waals surface area contributed by atoms with Crippen molar-refractivity contribution in [2.45, 2.75) is 12.5 Å². The lowest BCUT2D eigenvalue weighted by Crippen LogP contribution is -2.32. The number of nitrogens with one attached hydrogen (secondary N) is 1. The molecule has 4 N–H and O–H groups in total. The zero-order chi connectivity index (χ0) is 15.2. The van der Waals surface area contributed by atoms with Gasteiger partial charge in [0.2, 0.25) is 0 Å². The average Bonchev–Trinajstić information content (AvgIpc) is 2.86. The van der Waals surface area contributed by atoms with Crippen molar-refractivity contribution in [1.82, 2.24) is 4.98 Å². The number of carboxylic acids is 1. The molecule has 0 aliphatic heterocycles. The number of carboxylic acid groups (broad SMARTS) is 1. The predicted molar refractivity (Wildman–Crippen MR) is 77.5 cm³/mol. The van der Waals surface area contributed by atoms with Gasteiger partial charge in [-0.15, -0.1) is 0 Å². The van der Waals surface area contributed by atoms with Crippen LogP contribution in [-0.4, -0.2) is 36.0 Å². The molecular formula is C15H16N2O4. The normalized spacial score (nSPS) is 11.7. The van der Waals surface area contributed by atoms with Gasteiger partial charge in [0.05, 0.1) is 0 Å². The van der Waals surface area contributed by atoms with Crippen LogP contribution in [0.1, 0.15) is 11.1 Å². The van der Waals surface area contributed by atoms with Gasteiger partial charge in [0.1, 0.15) is 12.1 Å². The van der Waals surface area contributed by atoms with Crippen molar-refractivity contribution in [1.29, 1.82) is 0 Å². The number of ether oxygens (including phenoxy) is 2. The van der Waals surface area contributed by atoms with Gasteiger partial charge in [-0.3, -0.25) is 4.79 Å². The van der Waals surface area contributed by atoms with E-state index in [-0.39, 0.29) is 13.2 Å². The predicted octanol–water partition coefficient (Wildman–Crippen LogP) is 1.05. The van der Waals surface area contributed by atoms with Crippen LogP contribution in [0.15, 0.2) is 24.4 Å². The molecule has 0 spiro atoms. The Kier molecular flexibility index (Phi) is 4.82. The molecule has 2 rings (SSSR count). The standard InChI is InChI=1S/C15H16N2O4/c1-20-9-21-5-4-10-2-3-14-12(6-10)11(8-17-14)7-13(16)15(18)19/h2-3,6,8,13,17H,7,9,16H2,1H3,(H,18,19)/t13-/m0/s1. The number of H-pyrrole nitrogens is 1. The van der Waals surface area contributed by atoms with Crippen LogP contribution >= 0.6 is 0 Å². The van der Waals surface area contributed by atoms with E-state index in [1.807, 2.05) is 18.2 Å². The fourth-order valence-corrected chi connectivity index (χ4v) is 1.93. The number of hydrogen-bond donors (Lipinski definition) is 3. The number of methoxy groups -OCH3 is 1. The molecule has 6 nitrogen and oxygen atoms in total. The van der Waals surface area contributed by atoms with Gasteiger partial charge in [-0.25, -0.2) is 0 Å². The number of carbonyl (C=O) groups is 1. The summed E-state index contributed by atoms with van der Waals surface area (Å²) in [4.78, 5) is 13.9. The Morgan fingerprint density at radius 2 is 2.33 bits per heavy atom. The lowest BCUT2D eigenvalue weighted by atomic mass is 10.0. The van der Waals surface area contributed by atoms with E-state index in [1.165, 1.54) is 7.11 Å². The SMILES string of the molecule is COCOC#Cc1ccc2[nH]cc(C[C@H](N)C(=O)O)c2c1. The second kappa shape index (κ2) is 6.79. The maximum atomic E-state index is 10.8. The third-order valence-electron chi connectivity index (χ3n) is 2.97. The number of rotatable bonds is 5. The Hall–Kier alpha value is -2.49. The van der Waals surface area contributed by atoms with Gasteiger partial charge in [-0.2, -0.15) is 0 Å². The van der Waals surface area contributed by atoms with Crippen molar-refractivity contribution in [3.63, 3.8) is 0 Å². The van der Waals surface area contributed by atoms with Crippen LogP contribution in [-0.2, 0) is 20.7 Å². The Morgan fingerprint density at radius 3 is 3.05 bits per heavy atom. The Labute approximate surface area is 121 Å². The first-order chi connectivity index (χ1) is 10.1. The fourth-order valence-electron chi connectivity index (χ4n) is 1.93. The van der Waals surface area contributed by atoms with Crippen molar-refractivity contribution < 1.29 is 19.4 Å². The molecule has 110 valence electrons. The first-order valence-electron chi connectivity index (χ1n) is 6.32. The van der Waals surface area contributed by atoms with E-state index >= 15 is 0 Å². The number of fused-ring (bicyclic) bond motifs is 1. The molecule has 0 aliphatic rings. The van der Waals surface area contributed by atoms with Crippen LogP contribution < -0.4 is 5.73 Å². The van der Waals surface area contributed by atoms with E-state index in [0.717, 1.165) is 22.0 Å². The molecule has 0 amide bonds. The Bertz CT molecular complexity index is 696. The number of benzene rings is 1. The quantitative estimate of drug-likeness (QED) is 0.434. The van der Waals surface area contributed by atoms with Crippen molar-refractivity contribution >= 4 is 16.9 Å². The van der Waals surface area contributed by atoms with Gasteiger partial charge < -0.3 is 25.3 Å². The first-order valence-corrected chi connectivity index (χ1v) is 6.32. The number of aromatic amines is 1. The molecule has 0 saturated heterocycles. The third kappa shape index (κ3) is 3.75. The fraction of sp³-hybridized carbons (Fsp3) is 0.267. The molecular weight excluding hydrogens is 272 g/mol. The Morgan fingerprint density at radius 1 is 1.52 bits per heavy atom. The molecule has 21 heavy (non-hydrogen) atoms. The number of aromatic nitrogens is 1. The third-order valence-corrected chi connectivity index (χ3v) is 2.97. The summed E-state index contributed by atoms with van der Waals surface area (Å²) in [6, 6.07) is 4.68. The van der Waals surface area contributed by atoms with Gasteiger partial charge in [0.25, 0.3) is 0 Å². The van der Waals surface area contributed by atoms with Crippen LogP contribution in [0, 0.1) is 12.0 Å². The highest BCUT2D eigenvalue weighted by molar-refractivity contribution is 5.85. The van der Waals surface area contributed by atoms with Crippen LogP contribution in [0.5, 0.6) is 0 Å². The summed E-state index contributed by atoms with van der Waals surface area (Å²) in [5.74, 6) is 1.83. The van der Waals surface area contributed by atoms with Crippen LogP contribution in [0.25, 0.3) is 10.9 Å². The molecule has 0 fully saturated rings. The molecule has 2 aromatic rings. The molecule has 1 aromatic carbocycles. The Balaban J connectivity index is 2.23. The summed E-state index contributed by atoms with van der Waals surface area (Å²) in [7, 11) is 1.52. The highest BCUT2D eigenvalue weighted by atomic mass is 16.6. The molecule has 0 saturated carbocycles. The van der Waals surface area contributed by atoms with Crippen LogP contribution in [0.3, 0.4) is 0 Å². The highest BCUT2D eigenvalue weighted by Gasteiger charge is 2.14. The van der Waals surface area contributed by atoms with Crippen molar-refractivity contribution in [3.8, 4) is 12.0 Å². The lowest BCUT2D eigenvalue weighted by molar-refractivity contribution is -0.138. The van der Waals surface area contributed by atoms with Gasteiger partial charge >= 0.3 is 5.97 Å². The van der Waals surface area contributed by atoms with E-state index in [4.69, 9.17) is 20.3 Å². The van der Waals surface area contributed by atoms with Gasteiger partial charge in [-0.05, 0) is 29.7 Å². The van der Waals surface area contributed by atoms with E-state index in [1.54, 1.807) is 6.20 Å². The molecule has 0 bridgehead atoms. The molecule has 0 aliphatic carbocycles. The van der Waals surface area contributed by atoms with E-state index < -0.39 is 12.0 Å². The van der Waals surface area contributed by atoms with Gasteiger partial charge in [0, 0.05) is 36.2 Å². The minimum absolute atomic E-state index is 0.109. The average molecular weight is 288 g/mol. The molecule has 0 radical (unpaired) electrons. The summed E-state index contributed by atoms with van der Waals surface area (Å²) in [5.41, 5.74) is 8.10. The summed E-state index contributed by atoms with van der Waals surface area (Å²) in [6.45, 7) is 0.109. The minimum Gasteiger partial charge on any atom is -0.480 e. The monoisotopic (exact) mass is 288 g/mol. The van der Waals surface area contributed by atoms with Crippen molar-refractivity contribution in [3.05, 3.63) is 35.5 Å². The van der Waals surface area contributed by atoms with E-state index in [2.05, 4.69) is 17.0 Å². The smallest absolute Gasteiger partial charge is 0.320 e. The lowest BCUT2D eigenvalue weighted by Gasteiger charge is -2.04. The molecule has 0 unspecified atom stereocenters. The summed E-state index contributed by atoms with van der Waals surface area (Å²) >= 11 is 0. The van der Waals surface area contributed by atoms with Gasteiger partial charge in [0.15, 0.2) is 6.79 Å². The van der Waals surface area contributed by atoms with Gasteiger partial charge in [-0.1, -0.05) is 0 Å². The van der Waals surface area contributed by atoms with Crippen molar-refractivity contribution in [2.75, 3.05) is 13.9 Å². The van der Waals surface area contributed by atoms with Crippen LogP contribution in [0.2, 0.25) is 0 Å². The zero-order valence-corrected chi connectivity index (χ0v) is 11.6. The minimum atomic E-state index is -1.02. The summed E-state index contributed by atoms with van der Waals surface area (Å²) in [6.07, 6.45) is 4.56. The number of nitrogens with two attached hydrogens (primary N) is 1. The molecule has 1 atom stereocenters. The maximum absolute atomic E-state index is 10.8. The highest BCUT2D eigenvalue weighted by Crippen LogP contribution is 2.20. The van der Waals surface area contributed by atoms with Crippen molar-refractivity contribution in [2.24, 2.45) is 5.73 Å². The number of hydrogen-bond acceptors (Lipinski definition) is 4. The van der Waals surface area contributed by atoms with Crippen LogP contribution in [0.4, 0.5) is 0 Å². The van der Waals surface area contributed by atoms with E-state index in [9.17, 15) is 4.79 Å².